The molecule has 0 unspecified atom stereocenters. The van der Waals surface area contributed by atoms with Crippen LogP contribution in [0.5, 0.6) is 0 Å². The van der Waals surface area contributed by atoms with Crippen LogP contribution in [-0.2, 0) is 13.1 Å². The number of rotatable bonds is 4. The minimum atomic E-state index is -0.263. The van der Waals surface area contributed by atoms with E-state index in [1.807, 2.05) is 15.9 Å². The number of likely N-dealkylation sites (tertiary alicyclic amines) is 1. The molecular formula is C24H35N7O. The molecule has 0 aliphatic carbocycles. The third-order valence-corrected chi connectivity index (χ3v) is 6.78. The first-order valence-electron chi connectivity index (χ1n) is 11.6. The standard InChI is InChI=1S/C24H35N7O/c1-18-22(19(2)31(27-18)16-20-6-4-3-5-7-20)17-28-12-14-30(15-13-28)24(26)23(25)29-10-8-21(32)9-11-29/h3-7,21,25-26,32H,8-17H2,1-2H3. The number of nitrogens with one attached hydrogen (secondary N) is 2. The Labute approximate surface area is 190 Å². The predicted molar refractivity (Wildman–Crippen MR) is 126 cm³/mol. The fourth-order valence-corrected chi connectivity index (χ4v) is 4.62. The third-order valence-electron chi connectivity index (χ3n) is 6.78. The zero-order valence-corrected chi connectivity index (χ0v) is 19.2. The van der Waals surface area contributed by atoms with E-state index in [2.05, 4.69) is 47.7 Å². The summed E-state index contributed by atoms with van der Waals surface area (Å²) in [5.41, 5.74) is 4.85. The number of benzene rings is 1. The van der Waals surface area contributed by atoms with Crippen molar-refractivity contribution >= 4 is 11.7 Å². The zero-order chi connectivity index (χ0) is 22.7. The highest BCUT2D eigenvalue weighted by Crippen LogP contribution is 2.19. The van der Waals surface area contributed by atoms with Crippen molar-refractivity contribution in [1.82, 2.24) is 24.5 Å². The van der Waals surface area contributed by atoms with Crippen LogP contribution < -0.4 is 0 Å². The molecule has 1 aromatic heterocycles. The average molecular weight is 438 g/mol. The molecule has 8 nitrogen and oxygen atoms in total. The number of piperidine rings is 1. The molecule has 0 spiro atoms. The molecule has 2 aliphatic rings. The average Bonchev–Trinajstić information content (AvgIpc) is 3.07. The molecule has 1 aromatic carbocycles. The quantitative estimate of drug-likeness (QED) is 0.503. The highest BCUT2D eigenvalue weighted by atomic mass is 16.3. The number of aromatic nitrogens is 2. The van der Waals surface area contributed by atoms with Gasteiger partial charge in [0.15, 0.2) is 11.7 Å². The number of piperazine rings is 1. The molecule has 0 bridgehead atoms. The number of hydrogen-bond acceptors (Lipinski definition) is 5. The van der Waals surface area contributed by atoms with Crippen LogP contribution in [0.25, 0.3) is 0 Å². The van der Waals surface area contributed by atoms with Crippen LogP contribution in [0.15, 0.2) is 30.3 Å². The molecular weight excluding hydrogens is 402 g/mol. The Morgan fingerprint density at radius 1 is 0.906 bits per heavy atom. The summed E-state index contributed by atoms with van der Waals surface area (Å²) >= 11 is 0. The van der Waals surface area contributed by atoms with Gasteiger partial charge < -0.3 is 14.9 Å². The second-order valence-electron chi connectivity index (χ2n) is 8.97. The van der Waals surface area contributed by atoms with Gasteiger partial charge in [0.1, 0.15) is 0 Å². The SMILES string of the molecule is Cc1nn(Cc2ccccc2)c(C)c1CN1CCN(C(=N)C(=N)N2CCC(O)CC2)CC1. The summed E-state index contributed by atoms with van der Waals surface area (Å²) in [6.45, 7) is 10.5. The van der Waals surface area contributed by atoms with Crippen LogP contribution >= 0.6 is 0 Å². The minimum Gasteiger partial charge on any atom is -0.393 e. The van der Waals surface area contributed by atoms with Gasteiger partial charge in [0, 0.05) is 57.1 Å². The van der Waals surface area contributed by atoms with Gasteiger partial charge in [-0.1, -0.05) is 30.3 Å². The van der Waals surface area contributed by atoms with Crippen molar-refractivity contribution in [2.45, 2.75) is 45.9 Å². The van der Waals surface area contributed by atoms with E-state index in [9.17, 15) is 5.11 Å². The smallest absolute Gasteiger partial charge is 0.164 e. The third kappa shape index (κ3) is 5.02. The van der Waals surface area contributed by atoms with Crippen LogP contribution in [0.4, 0.5) is 0 Å². The highest BCUT2D eigenvalue weighted by molar-refractivity contribution is 6.37. The molecule has 2 fully saturated rings. The Kier molecular flexibility index (Phi) is 6.91. The lowest BCUT2D eigenvalue weighted by Crippen LogP contribution is -2.53. The van der Waals surface area contributed by atoms with Crippen LogP contribution in [0, 0.1) is 24.7 Å². The zero-order valence-electron chi connectivity index (χ0n) is 19.2. The highest BCUT2D eigenvalue weighted by Gasteiger charge is 2.27. The van der Waals surface area contributed by atoms with Gasteiger partial charge in [-0.05, 0) is 32.3 Å². The number of aliphatic hydroxyl groups excluding tert-OH is 1. The van der Waals surface area contributed by atoms with Crippen molar-refractivity contribution in [3.8, 4) is 0 Å². The van der Waals surface area contributed by atoms with Gasteiger partial charge in [-0.2, -0.15) is 5.10 Å². The van der Waals surface area contributed by atoms with Gasteiger partial charge in [-0.25, -0.2) is 0 Å². The number of aryl methyl sites for hydroxylation is 1. The number of nitrogens with zero attached hydrogens (tertiary/aromatic N) is 5. The number of amidine groups is 2. The Balaban J connectivity index is 1.31. The minimum absolute atomic E-state index is 0.263. The number of aliphatic hydroxyl groups is 1. The topological polar surface area (TPSA) is 95.5 Å². The normalized spacial score (nSPS) is 18.2. The maximum absolute atomic E-state index is 9.69. The lowest BCUT2D eigenvalue weighted by molar-refractivity contribution is 0.109. The van der Waals surface area contributed by atoms with Crippen molar-refractivity contribution < 1.29 is 5.11 Å². The molecule has 32 heavy (non-hydrogen) atoms. The molecule has 0 atom stereocenters. The molecule has 3 N–H and O–H groups in total. The van der Waals surface area contributed by atoms with Gasteiger partial charge >= 0.3 is 0 Å². The predicted octanol–water partition coefficient (Wildman–Crippen LogP) is 2.08. The van der Waals surface area contributed by atoms with Gasteiger partial charge in [0.2, 0.25) is 0 Å². The summed E-state index contributed by atoms with van der Waals surface area (Å²) in [6.07, 6.45) is 1.10. The lowest BCUT2D eigenvalue weighted by Gasteiger charge is -2.38. The molecule has 2 aliphatic heterocycles. The van der Waals surface area contributed by atoms with E-state index in [0.29, 0.717) is 37.6 Å². The molecule has 172 valence electrons. The van der Waals surface area contributed by atoms with Crippen LogP contribution in [0.3, 0.4) is 0 Å². The molecule has 4 rings (SSSR count). The number of hydrogen-bond donors (Lipinski definition) is 3. The van der Waals surface area contributed by atoms with E-state index in [1.54, 1.807) is 0 Å². The second-order valence-corrected chi connectivity index (χ2v) is 8.97. The molecule has 0 saturated carbocycles. The molecule has 8 heteroatoms. The van der Waals surface area contributed by atoms with Crippen molar-refractivity contribution in [3.63, 3.8) is 0 Å². The van der Waals surface area contributed by atoms with Gasteiger partial charge in [-0.3, -0.25) is 20.4 Å². The lowest BCUT2D eigenvalue weighted by atomic mass is 10.1. The Morgan fingerprint density at radius 2 is 1.50 bits per heavy atom. The largest absolute Gasteiger partial charge is 0.393 e. The first kappa shape index (κ1) is 22.5. The maximum atomic E-state index is 9.69. The summed E-state index contributed by atoms with van der Waals surface area (Å²) in [6, 6.07) is 10.4. The summed E-state index contributed by atoms with van der Waals surface area (Å²) < 4.78 is 2.10. The monoisotopic (exact) mass is 437 g/mol. The van der Waals surface area contributed by atoms with E-state index in [1.165, 1.54) is 16.8 Å². The van der Waals surface area contributed by atoms with Crippen molar-refractivity contribution in [2.75, 3.05) is 39.3 Å². The van der Waals surface area contributed by atoms with Crippen molar-refractivity contribution in [1.29, 1.82) is 10.8 Å². The van der Waals surface area contributed by atoms with Crippen molar-refractivity contribution in [2.24, 2.45) is 0 Å². The van der Waals surface area contributed by atoms with Gasteiger partial charge in [-0.15, -0.1) is 0 Å². The summed E-state index contributed by atoms with van der Waals surface area (Å²) in [5.74, 6) is 0.600. The molecule has 3 heterocycles. The Hall–Kier alpha value is -2.71. The van der Waals surface area contributed by atoms with E-state index in [-0.39, 0.29) is 6.10 Å². The van der Waals surface area contributed by atoms with E-state index in [0.717, 1.165) is 45.0 Å². The fourth-order valence-electron chi connectivity index (χ4n) is 4.62. The second kappa shape index (κ2) is 9.83. The van der Waals surface area contributed by atoms with E-state index in [4.69, 9.17) is 15.9 Å². The summed E-state index contributed by atoms with van der Waals surface area (Å²) in [4.78, 5) is 6.37. The summed E-state index contributed by atoms with van der Waals surface area (Å²) in [7, 11) is 0. The first-order chi connectivity index (χ1) is 15.4. The van der Waals surface area contributed by atoms with Gasteiger partial charge in [0.05, 0.1) is 18.3 Å². The molecule has 0 amide bonds. The Bertz CT molecular complexity index is 939. The molecule has 2 aromatic rings. The maximum Gasteiger partial charge on any atom is 0.164 e. The molecule has 0 radical (unpaired) electrons. The fraction of sp³-hybridized carbons (Fsp3) is 0.542. The van der Waals surface area contributed by atoms with E-state index >= 15 is 0 Å². The van der Waals surface area contributed by atoms with Crippen molar-refractivity contribution in [3.05, 3.63) is 52.8 Å². The first-order valence-corrected chi connectivity index (χ1v) is 11.6. The van der Waals surface area contributed by atoms with Gasteiger partial charge in [0.25, 0.3) is 0 Å². The van der Waals surface area contributed by atoms with Crippen LogP contribution in [0.1, 0.15) is 35.4 Å². The Morgan fingerprint density at radius 3 is 2.12 bits per heavy atom. The molecule has 2 saturated heterocycles. The van der Waals surface area contributed by atoms with Crippen LogP contribution in [0.2, 0.25) is 0 Å². The van der Waals surface area contributed by atoms with Crippen LogP contribution in [-0.4, -0.2) is 86.6 Å². The summed E-state index contributed by atoms with van der Waals surface area (Å²) in [5, 5.41) is 31.4. The van der Waals surface area contributed by atoms with E-state index < -0.39 is 0 Å².